The Balaban J connectivity index is 1.48. The molecule has 0 saturated heterocycles. The Morgan fingerprint density at radius 3 is 2.85 bits per heavy atom. The van der Waals surface area contributed by atoms with E-state index in [4.69, 9.17) is 4.42 Å². The van der Waals surface area contributed by atoms with Gasteiger partial charge in [0.15, 0.2) is 5.82 Å². The smallest absolute Gasteiger partial charge is 0.151 e. The van der Waals surface area contributed by atoms with E-state index in [1.54, 1.807) is 6.26 Å². The van der Waals surface area contributed by atoms with Crippen molar-refractivity contribution in [2.75, 3.05) is 18.5 Å². The van der Waals surface area contributed by atoms with Gasteiger partial charge in [-0.2, -0.15) is 5.10 Å². The molecule has 6 nitrogen and oxygen atoms in total. The quantitative estimate of drug-likeness (QED) is 0.706. The average Bonchev–Trinajstić information content (AvgIpc) is 3.15. The van der Waals surface area contributed by atoms with E-state index in [-0.39, 0.29) is 0 Å². The van der Waals surface area contributed by atoms with Gasteiger partial charge in [-0.05, 0) is 61.3 Å². The Bertz CT molecular complexity index is 860. The minimum atomic E-state index is 0.793. The SMILES string of the molecule is Cc1ccc(N2CCc3c(CN(C)Cc4ccco4)cncc3C2)nn1. The van der Waals surface area contributed by atoms with Crippen molar-refractivity contribution in [2.24, 2.45) is 0 Å². The van der Waals surface area contributed by atoms with Crippen molar-refractivity contribution in [3.05, 3.63) is 71.1 Å². The van der Waals surface area contributed by atoms with Gasteiger partial charge in [-0.25, -0.2) is 0 Å². The van der Waals surface area contributed by atoms with Crippen LogP contribution >= 0.6 is 0 Å². The first kappa shape index (κ1) is 16.7. The number of furan rings is 1. The second-order valence-corrected chi connectivity index (χ2v) is 6.89. The molecule has 3 aromatic heterocycles. The topological polar surface area (TPSA) is 58.3 Å². The van der Waals surface area contributed by atoms with Gasteiger partial charge < -0.3 is 9.32 Å². The van der Waals surface area contributed by atoms with Crippen LogP contribution in [0.15, 0.2) is 47.3 Å². The molecule has 0 unspecified atom stereocenters. The molecule has 26 heavy (non-hydrogen) atoms. The lowest BCUT2D eigenvalue weighted by Crippen LogP contribution is -2.32. The molecule has 1 aliphatic heterocycles. The highest BCUT2D eigenvalue weighted by molar-refractivity contribution is 5.44. The first-order chi connectivity index (χ1) is 12.7. The summed E-state index contributed by atoms with van der Waals surface area (Å²) in [6, 6.07) is 7.99. The summed E-state index contributed by atoms with van der Waals surface area (Å²) in [6.07, 6.45) is 6.70. The fourth-order valence-electron chi connectivity index (χ4n) is 3.48. The number of fused-ring (bicyclic) bond motifs is 1. The maximum Gasteiger partial charge on any atom is 0.151 e. The molecular formula is C20H23N5O. The molecule has 0 fully saturated rings. The molecule has 4 rings (SSSR count). The number of hydrogen-bond donors (Lipinski definition) is 0. The van der Waals surface area contributed by atoms with Crippen LogP contribution < -0.4 is 4.90 Å². The van der Waals surface area contributed by atoms with Crippen LogP contribution in [0, 0.1) is 6.92 Å². The molecule has 0 saturated carbocycles. The minimum absolute atomic E-state index is 0.793. The summed E-state index contributed by atoms with van der Waals surface area (Å²) in [6.45, 7) is 5.39. The second kappa shape index (κ2) is 7.25. The largest absolute Gasteiger partial charge is 0.468 e. The lowest BCUT2D eigenvalue weighted by atomic mass is 9.97. The third-order valence-electron chi connectivity index (χ3n) is 4.78. The van der Waals surface area contributed by atoms with Gasteiger partial charge >= 0.3 is 0 Å². The van der Waals surface area contributed by atoms with Crippen molar-refractivity contribution in [3.8, 4) is 0 Å². The Hall–Kier alpha value is -2.73. The summed E-state index contributed by atoms with van der Waals surface area (Å²) in [5, 5.41) is 8.50. The van der Waals surface area contributed by atoms with Crippen LogP contribution in [0.1, 0.15) is 28.1 Å². The number of aryl methyl sites for hydroxylation is 1. The Morgan fingerprint density at radius 1 is 1.15 bits per heavy atom. The molecule has 3 aromatic rings. The molecular weight excluding hydrogens is 326 g/mol. The number of nitrogens with zero attached hydrogens (tertiary/aromatic N) is 5. The predicted molar refractivity (Wildman–Crippen MR) is 99.6 cm³/mol. The highest BCUT2D eigenvalue weighted by Gasteiger charge is 2.21. The molecule has 134 valence electrons. The molecule has 0 spiro atoms. The third-order valence-corrected chi connectivity index (χ3v) is 4.78. The number of anilines is 1. The van der Waals surface area contributed by atoms with Crippen LogP contribution in [0.25, 0.3) is 0 Å². The molecule has 1 aliphatic rings. The van der Waals surface area contributed by atoms with Crippen LogP contribution in [0.5, 0.6) is 0 Å². The normalized spacial score (nSPS) is 13.9. The van der Waals surface area contributed by atoms with E-state index in [9.17, 15) is 0 Å². The van der Waals surface area contributed by atoms with Crippen LogP contribution in [0.2, 0.25) is 0 Å². The molecule has 0 radical (unpaired) electrons. The number of rotatable bonds is 5. The van der Waals surface area contributed by atoms with Crippen molar-refractivity contribution < 1.29 is 4.42 Å². The standard InChI is InChI=1S/C20H23N5O/c1-15-5-6-20(23-22-15)25-8-7-19-16(10-21-11-17(19)13-25)12-24(2)14-18-4-3-9-26-18/h3-6,9-11H,7-8,12-14H2,1-2H3. The number of hydrogen-bond acceptors (Lipinski definition) is 6. The van der Waals surface area contributed by atoms with Crippen molar-refractivity contribution in [3.63, 3.8) is 0 Å². The Kier molecular flexibility index (Phi) is 4.67. The molecule has 4 heterocycles. The van der Waals surface area contributed by atoms with Gasteiger partial charge in [0.25, 0.3) is 0 Å². The van der Waals surface area contributed by atoms with Gasteiger partial charge in [-0.1, -0.05) is 0 Å². The number of pyridine rings is 1. The fourth-order valence-corrected chi connectivity index (χ4v) is 3.48. The monoisotopic (exact) mass is 349 g/mol. The molecule has 0 N–H and O–H groups in total. The third kappa shape index (κ3) is 3.60. The maximum atomic E-state index is 5.45. The van der Waals surface area contributed by atoms with Crippen molar-refractivity contribution in [2.45, 2.75) is 33.0 Å². The van der Waals surface area contributed by atoms with Crippen LogP contribution in [-0.2, 0) is 26.1 Å². The summed E-state index contributed by atoms with van der Waals surface area (Å²) in [4.78, 5) is 9.01. The summed E-state index contributed by atoms with van der Waals surface area (Å²) in [5.74, 6) is 1.91. The highest BCUT2D eigenvalue weighted by atomic mass is 16.3. The summed E-state index contributed by atoms with van der Waals surface area (Å²) in [5.41, 5.74) is 4.94. The molecule has 0 aliphatic carbocycles. The van der Waals surface area contributed by atoms with E-state index in [2.05, 4.69) is 32.0 Å². The Morgan fingerprint density at radius 2 is 2.08 bits per heavy atom. The first-order valence-electron chi connectivity index (χ1n) is 8.90. The van der Waals surface area contributed by atoms with Crippen LogP contribution in [-0.4, -0.2) is 33.7 Å². The first-order valence-corrected chi connectivity index (χ1v) is 8.90. The van der Waals surface area contributed by atoms with Gasteiger partial charge in [-0.3, -0.25) is 9.88 Å². The van der Waals surface area contributed by atoms with E-state index in [1.807, 2.05) is 43.6 Å². The predicted octanol–water partition coefficient (Wildman–Crippen LogP) is 2.97. The highest BCUT2D eigenvalue weighted by Crippen LogP contribution is 2.25. The zero-order valence-corrected chi connectivity index (χ0v) is 15.2. The molecule has 0 atom stereocenters. The van der Waals surface area contributed by atoms with Crippen LogP contribution in [0.3, 0.4) is 0 Å². The van der Waals surface area contributed by atoms with Gasteiger partial charge in [0.05, 0.1) is 18.5 Å². The Labute approximate surface area is 153 Å². The number of aromatic nitrogens is 3. The van der Waals surface area contributed by atoms with E-state index >= 15 is 0 Å². The minimum Gasteiger partial charge on any atom is -0.468 e. The summed E-state index contributed by atoms with van der Waals surface area (Å²) in [7, 11) is 2.11. The van der Waals surface area contributed by atoms with Crippen molar-refractivity contribution >= 4 is 5.82 Å². The second-order valence-electron chi connectivity index (χ2n) is 6.89. The summed E-state index contributed by atoms with van der Waals surface area (Å²) < 4.78 is 5.45. The van der Waals surface area contributed by atoms with Gasteiger partial charge in [-0.15, -0.1) is 5.10 Å². The summed E-state index contributed by atoms with van der Waals surface area (Å²) >= 11 is 0. The fraction of sp³-hybridized carbons (Fsp3) is 0.350. The van der Waals surface area contributed by atoms with Crippen molar-refractivity contribution in [1.82, 2.24) is 20.1 Å². The van der Waals surface area contributed by atoms with E-state index in [0.29, 0.717) is 0 Å². The van der Waals surface area contributed by atoms with E-state index < -0.39 is 0 Å². The zero-order chi connectivity index (χ0) is 17.9. The van der Waals surface area contributed by atoms with Gasteiger partial charge in [0.2, 0.25) is 0 Å². The van der Waals surface area contributed by atoms with Gasteiger partial charge in [0, 0.05) is 32.0 Å². The zero-order valence-electron chi connectivity index (χ0n) is 15.2. The van der Waals surface area contributed by atoms with Crippen molar-refractivity contribution in [1.29, 1.82) is 0 Å². The van der Waals surface area contributed by atoms with Crippen LogP contribution in [0.4, 0.5) is 5.82 Å². The van der Waals surface area contributed by atoms with E-state index in [0.717, 1.165) is 49.9 Å². The molecule has 0 bridgehead atoms. The molecule has 6 heteroatoms. The lowest BCUT2D eigenvalue weighted by Gasteiger charge is -2.31. The van der Waals surface area contributed by atoms with Gasteiger partial charge in [0.1, 0.15) is 5.76 Å². The average molecular weight is 349 g/mol. The molecule has 0 amide bonds. The maximum absolute atomic E-state index is 5.45. The van der Waals surface area contributed by atoms with E-state index in [1.165, 1.54) is 16.7 Å². The molecule has 0 aromatic carbocycles. The lowest BCUT2D eigenvalue weighted by molar-refractivity contribution is 0.286.